The van der Waals surface area contributed by atoms with Crippen molar-refractivity contribution in [3.8, 4) is 0 Å². The fourth-order valence-electron chi connectivity index (χ4n) is 9.42. The third kappa shape index (κ3) is 11.3. The van der Waals surface area contributed by atoms with Crippen LogP contribution in [0.5, 0.6) is 0 Å². The largest absolute Gasteiger partial charge is 0.456 e. The number of esters is 1. The van der Waals surface area contributed by atoms with Crippen LogP contribution >= 0.6 is 0 Å². The number of ether oxygens (including phenoxy) is 5. The van der Waals surface area contributed by atoms with E-state index in [2.05, 4.69) is 6.58 Å². The Bertz CT molecular complexity index is 1480. The van der Waals surface area contributed by atoms with E-state index in [4.69, 9.17) is 23.7 Å². The second kappa shape index (κ2) is 21.0. The number of carbonyl (C=O) groups excluding carboxylic acids is 4. The number of aliphatic hydroxyl groups is 3. The van der Waals surface area contributed by atoms with E-state index in [1.807, 2.05) is 32.9 Å². The van der Waals surface area contributed by atoms with Gasteiger partial charge in [-0.2, -0.15) is 0 Å². The molecule has 0 aromatic heterocycles. The summed E-state index contributed by atoms with van der Waals surface area (Å²) in [5.41, 5.74) is 1.61. The number of methoxy groups -OCH3 is 3. The molecule has 2 bridgehead atoms. The second-order valence-corrected chi connectivity index (χ2v) is 17.3. The Labute approximate surface area is 339 Å². The minimum atomic E-state index is -2.51. The molecule has 0 aromatic carbocycles. The number of fused-ring (bicyclic) bond motifs is 3. The Kier molecular flexibility index (Phi) is 17.2. The second-order valence-electron chi connectivity index (χ2n) is 17.3. The molecule has 3 heterocycles. The first kappa shape index (κ1) is 46.9. The number of cyclic esters (lactones) is 1. The van der Waals surface area contributed by atoms with Gasteiger partial charge in [-0.05, 0) is 95.5 Å². The summed E-state index contributed by atoms with van der Waals surface area (Å²) in [5.74, 6) is -7.76. The van der Waals surface area contributed by atoms with E-state index in [9.17, 15) is 34.5 Å². The molecule has 12 unspecified atom stereocenters. The molecule has 2 saturated heterocycles. The lowest BCUT2D eigenvalue weighted by molar-refractivity contribution is -0.302. The summed E-state index contributed by atoms with van der Waals surface area (Å²) in [6, 6.07) is -1.14. The molecule has 322 valence electrons. The van der Waals surface area contributed by atoms with Crippen molar-refractivity contribution in [3.63, 3.8) is 0 Å². The summed E-state index contributed by atoms with van der Waals surface area (Å²) in [6.07, 6.45) is 4.93. The van der Waals surface area contributed by atoms with E-state index in [1.54, 1.807) is 27.0 Å². The van der Waals surface area contributed by atoms with Crippen molar-refractivity contribution in [1.29, 1.82) is 0 Å². The Morgan fingerprint density at radius 1 is 0.930 bits per heavy atom. The number of nitrogens with zero attached hydrogens (tertiary/aromatic N) is 1. The number of amides is 1. The molecule has 0 aromatic rings. The highest BCUT2D eigenvalue weighted by atomic mass is 16.7. The minimum Gasteiger partial charge on any atom is -0.456 e. The van der Waals surface area contributed by atoms with Crippen molar-refractivity contribution in [3.05, 3.63) is 36.0 Å². The summed E-state index contributed by atoms with van der Waals surface area (Å²) in [5, 5.41) is 34.1. The van der Waals surface area contributed by atoms with Gasteiger partial charge in [-0.15, -0.1) is 6.58 Å². The van der Waals surface area contributed by atoms with Crippen LogP contribution in [0, 0.1) is 29.6 Å². The average Bonchev–Trinajstić information content (AvgIpc) is 3.18. The van der Waals surface area contributed by atoms with Crippen LogP contribution in [0.2, 0.25) is 0 Å². The number of Topliss-reactive ketones (excluding diaryl/α,β-unsaturated/α-hetero) is 2. The first-order valence-corrected chi connectivity index (χ1v) is 20.9. The van der Waals surface area contributed by atoms with Gasteiger partial charge in [0.1, 0.15) is 24.0 Å². The van der Waals surface area contributed by atoms with E-state index in [0.29, 0.717) is 56.9 Å². The van der Waals surface area contributed by atoms with Crippen LogP contribution in [0.4, 0.5) is 0 Å². The third-order valence-corrected chi connectivity index (χ3v) is 12.9. The quantitative estimate of drug-likeness (QED) is 0.185. The smallest absolute Gasteiger partial charge is 0.329 e. The van der Waals surface area contributed by atoms with E-state index in [-0.39, 0.29) is 49.5 Å². The van der Waals surface area contributed by atoms with Crippen molar-refractivity contribution in [2.45, 2.75) is 160 Å². The molecule has 4 rings (SSSR count). The molecule has 0 spiro atoms. The maximum atomic E-state index is 14.3. The van der Waals surface area contributed by atoms with E-state index >= 15 is 0 Å². The fraction of sp³-hybridized carbons (Fsp3) is 0.773. The predicted molar refractivity (Wildman–Crippen MR) is 213 cm³/mol. The van der Waals surface area contributed by atoms with Gasteiger partial charge in [0.25, 0.3) is 11.7 Å². The molecule has 3 aliphatic heterocycles. The van der Waals surface area contributed by atoms with Crippen LogP contribution in [0.1, 0.15) is 105 Å². The Balaban J connectivity index is 1.78. The van der Waals surface area contributed by atoms with Crippen molar-refractivity contribution in [2.24, 2.45) is 29.6 Å². The van der Waals surface area contributed by atoms with Gasteiger partial charge in [-0.25, -0.2) is 4.79 Å². The zero-order chi connectivity index (χ0) is 42.2. The van der Waals surface area contributed by atoms with Gasteiger partial charge in [0.05, 0.1) is 30.5 Å². The highest BCUT2D eigenvalue weighted by Gasteiger charge is 2.56. The minimum absolute atomic E-state index is 0.00988. The van der Waals surface area contributed by atoms with Crippen LogP contribution < -0.4 is 0 Å². The lowest BCUT2D eigenvalue weighted by Gasteiger charge is -2.47. The van der Waals surface area contributed by atoms with Crippen molar-refractivity contribution < 1.29 is 58.2 Å². The molecule has 57 heavy (non-hydrogen) atoms. The normalized spacial score (nSPS) is 40.1. The summed E-state index contributed by atoms with van der Waals surface area (Å²) < 4.78 is 29.7. The predicted octanol–water partition coefficient (Wildman–Crippen LogP) is 4.64. The van der Waals surface area contributed by atoms with Gasteiger partial charge >= 0.3 is 5.97 Å². The van der Waals surface area contributed by atoms with Crippen LogP contribution in [-0.4, -0.2) is 126 Å². The average molecular weight is 804 g/mol. The van der Waals surface area contributed by atoms with Crippen LogP contribution in [-0.2, 0) is 42.9 Å². The van der Waals surface area contributed by atoms with Crippen molar-refractivity contribution in [2.75, 3.05) is 27.9 Å². The molecule has 1 aliphatic carbocycles. The highest BCUT2D eigenvalue weighted by Crippen LogP contribution is 2.39. The summed E-state index contributed by atoms with van der Waals surface area (Å²) in [6.45, 7) is 13.1. The molecule has 0 radical (unpaired) electrons. The van der Waals surface area contributed by atoms with E-state index in [1.165, 1.54) is 19.1 Å². The number of hydrogen-bond donors (Lipinski definition) is 3. The standard InChI is InChI=1S/C44H69NO12/c1-10-13-31-19-25(2)18-26(3)20-37(54-8)40-38(55-9)22-28(5)44(52,57-40)41(49)42(50)45-17-12-11-14-32(45)43(51)56-39(29(6)34(47)24-35(31)48)27(4)21-30-15-16-33(46)36(23-30)53-7/h10,19,21,26,28-34,36-40,46-47,52H,1,11-18,20,22-24H2,2-9H3/t26?,28?,29?,30?,31?,32-,33?,34?,36?,37?,38?,39?,40?,44+/m0/s1. The lowest BCUT2D eigenvalue weighted by Crippen LogP contribution is -2.64. The molecule has 3 N–H and O–H groups in total. The van der Waals surface area contributed by atoms with Crippen molar-refractivity contribution in [1.82, 2.24) is 4.90 Å². The monoisotopic (exact) mass is 803 g/mol. The number of piperidine rings is 1. The van der Waals surface area contributed by atoms with E-state index < -0.39 is 83.9 Å². The number of carbonyl (C=O) groups is 4. The number of ketones is 2. The maximum absolute atomic E-state index is 14.3. The number of rotatable bonds is 7. The summed E-state index contributed by atoms with van der Waals surface area (Å²) >= 11 is 0. The molecular weight excluding hydrogens is 734 g/mol. The van der Waals surface area contributed by atoms with Crippen LogP contribution in [0.3, 0.4) is 0 Å². The van der Waals surface area contributed by atoms with Crippen LogP contribution in [0.15, 0.2) is 36.0 Å². The van der Waals surface area contributed by atoms with Gasteiger partial charge in [-0.3, -0.25) is 14.4 Å². The molecule has 13 heteroatoms. The van der Waals surface area contributed by atoms with Crippen LogP contribution in [0.25, 0.3) is 0 Å². The Morgan fingerprint density at radius 2 is 1.60 bits per heavy atom. The fourth-order valence-corrected chi connectivity index (χ4v) is 9.42. The van der Waals surface area contributed by atoms with Gasteiger partial charge < -0.3 is 43.9 Å². The molecule has 13 nitrogen and oxygen atoms in total. The topological polar surface area (TPSA) is 178 Å². The van der Waals surface area contributed by atoms with Gasteiger partial charge in [-0.1, -0.05) is 44.6 Å². The molecule has 4 aliphatic rings. The number of allylic oxidation sites excluding steroid dienone is 4. The number of aliphatic hydroxyl groups excluding tert-OH is 2. The van der Waals surface area contributed by atoms with Gasteiger partial charge in [0.15, 0.2) is 0 Å². The zero-order valence-electron chi connectivity index (χ0n) is 35.4. The van der Waals surface area contributed by atoms with Gasteiger partial charge in [0.2, 0.25) is 5.79 Å². The third-order valence-electron chi connectivity index (χ3n) is 12.9. The number of hydrogen-bond acceptors (Lipinski definition) is 12. The molecule has 1 saturated carbocycles. The molecule has 14 atom stereocenters. The van der Waals surface area contributed by atoms with Gasteiger partial charge in [0, 0.05) is 52.0 Å². The molecule has 3 fully saturated rings. The van der Waals surface area contributed by atoms with E-state index in [0.717, 1.165) is 5.57 Å². The highest BCUT2D eigenvalue weighted by molar-refractivity contribution is 6.39. The molecule has 1 amide bonds. The SMILES string of the molecule is C=CCC1C=C(C)CC(C)CC(OC)C2O[C@@](O)(C(=O)C(=O)N3CCCC[C@H]3C(=O)OC(C(C)=CC3CCC(O)C(OC)C3)C(C)C(O)CC1=O)C(C)CC2OC. The lowest BCUT2D eigenvalue weighted by atomic mass is 9.81. The maximum Gasteiger partial charge on any atom is 0.329 e. The summed E-state index contributed by atoms with van der Waals surface area (Å²) in [4.78, 5) is 57.8. The Hall–Kier alpha value is -2.78. The molecular formula is C44H69NO12. The first-order chi connectivity index (χ1) is 27.0. The van der Waals surface area contributed by atoms with Crippen molar-refractivity contribution >= 4 is 23.4 Å². The zero-order valence-corrected chi connectivity index (χ0v) is 35.4. The first-order valence-electron chi connectivity index (χ1n) is 20.9. The Morgan fingerprint density at radius 3 is 2.25 bits per heavy atom. The summed E-state index contributed by atoms with van der Waals surface area (Å²) in [7, 11) is 4.61.